The highest BCUT2D eigenvalue weighted by atomic mass is 16.1. The van der Waals surface area contributed by atoms with E-state index in [1.54, 1.807) is 6.92 Å². The standard InChI is InChI=1S/C21H28O3/c1-12(22)16-6-7-17-15-5-4-13-10-14(23)8-9-20(13,2)19(15)18(24)11-21(16,17)3/h10,15-17,19H,4-9,11H2,1-3H3/t15-,16+,17-,19+,20+,21+/m1/s1. The van der Waals surface area contributed by atoms with Crippen molar-refractivity contribution in [1.29, 1.82) is 0 Å². The summed E-state index contributed by atoms with van der Waals surface area (Å²) in [5, 5.41) is 0. The molecule has 0 N–H and O–H groups in total. The van der Waals surface area contributed by atoms with Crippen molar-refractivity contribution >= 4 is 17.3 Å². The number of hydrogen-bond acceptors (Lipinski definition) is 3. The van der Waals surface area contributed by atoms with E-state index in [9.17, 15) is 14.4 Å². The van der Waals surface area contributed by atoms with Gasteiger partial charge in [-0.15, -0.1) is 0 Å². The van der Waals surface area contributed by atoms with Gasteiger partial charge < -0.3 is 0 Å². The summed E-state index contributed by atoms with van der Waals surface area (Å²) in [6.07, 6.45) is 7.80. The normalized spacial score (nSPS) is 47.5. The fraction of sp³-hybridized carbons (Fsp3) is 0.762. The van der Waals surface area contributed by atoms with Crippen LogP contribution in [0.25, 0.3) is 0 Å². The van der Waals surface area contributed by atoms with E-state index >= 15 is 0 Å². The zero-order valence-corrected chi connectivity index (χ0v) is 15.1. The van der Waals surface area contributed by atoms with Crippen molar-refractivity contribution in [1.82, 2.24) is 0 Å². The summed E-state index contributed by atoms with van der Waals surface area (Å²) in [7, 11) is 0. The van der Waals surface area contributed by atoms with Gasteiger partial charge in [-0.25, -0.2) is 0 Å². The van der Waals surface area contributed by atoms with Gasteiger partial charge in [0.2, 0.25) is 0 Å². The van der Waals surface area contributed by atoms with Crippen LogP contribution in [-0.4, -0.2) is 17.3 Å². The van der Waals surface area contributed by atoms with Crippen molar-refractivity contribution in [2.24, 2.45) is 34.5 Å². The maximum Gasteiger partial charge on any atom is 0.155 e. The zero-order chi connectivity index (χ0) is 17.3. The van der Waals surface area contributed by atoms with Crippen molar-refractivity contribution in [3.05, 3.63) is 11.6 Å². The predicted molar refractivity (Wildman–Crippen MR) is 91.3 cm³/mol. The highest BCUT2D eigenvalue weighted by Gasteiger charge is 2.62. The second-order valence-electron chi connectivity index (χ2n) is 9.23. The minimum atomic E-state index is -0.133. The van der Waals surface area contributed by atoms with Crippen LogP contribution in [0.15, 0.2) is 11.6 Å². The Morgan fingerprint density at radius 2 is 1.88 bits per heavy atom. The van der Waals surface area contributed by atoms with Gasteiger partial charge in [-0.05, 0) is 67.8 Å². The Hall–Kier alpha value is -1.25. The molecule has 24 heavy (non-hydrogen) atoms. The van der Waals surface area contributed by atoms with Crippen LogP contribution < -0.4 is 0 Å². The lowest BCUT2D eigenvalue weighted by atomic mass is 9.46. The first kappa shape index (κ1) is 16.2. The highest BCUT2D eigenvalue weighted by molar-refractivity contribution is 5.93. The Morgan fingerprint density at radius 1 is 1.12 bits per heavy atom. The molecule has 0 aromatic rings. The lowest BCUT2D eigenvalue weighted by Gasteiger charge is -2.56. The predicted octanol–water partition coefficient (Wildman–Crippen LogP) is 3.90. The molecule has 3 nitrogen and oxygen atoms in total. The summed E-state index contributed by atoms with van der Waals surface area (Å²) in [6.45, 7) is 6.12. The van der Waals surface area contributed by atoms with Gasteiger partial charge in [0.25, 0.3) is 0 Å². The number of hydrogen-bond donors (Lipinski definition) is 0. The summed E-state index contributed by atoms with van der Waals surface area (Å²) in [4.78, 5) is 37.3. The molecule has 0 bridgehead atoms. The molecule has 3 saturated carbocycles. The summed E-state index contributed by atoms with van der Waals surface area (Å²) >= 11 is 0. The molecule has 0 aromatic carbocycles. The average molecular weight is 328 g/mol. The lowest BCUT2D eigenvalue weighted by molar-refractivity contribution is -0.148. The molecule has 3 heteroatoms. The topological polar surface area (TPSA) is 51.2 Å². The maximum atomic E-state index is 13.3. The first-order valence-corrected chi connectivity index (χ1v) is 9.54. The van der Waals surface area contributed by atoms with E-state index in [2.05, 4.69) is 13.8 Å². The molecule has 130 valence electrons. The molecule has 0 aliphatic heterocycles. The van der Waals surface area contributed by atoms with E-state index in [1.165, 1.54) is 5.57 Å². The number of carbonyl (C=O) groups is 3. The summed E-state index contributed by atoms with van der Waals surface area (Å²) in [6, 6.07) is 0. The van der Waals surface area contributed by atoms with Crippen molar-refractivity contribution in [2.75, 3.05) is 0 Å². The Morgan fingerprint density at radius 3 is 2.58 bits per heavy atom. The first-order chi connectivity index (χ1) is 11.3. The molecule has 0 unspecified atom stereocenters. The van der Waals surface area contributed by atoms with Crippen LogP contribution >= 0.6 is 0 Å². The van der Waals surface area contributed by atoms with Crippen molar-refractivity contribution in [2.45, 2.75) is 65.7 Å². The van der Waals surface area contributed by atoms with Crippen molar-refractivity contribution in [3.8, 4) is 0 Å². The third-order valence-corrected chi connectivity index (χ3v) is 8.14. The summed E-state index contributed by atoms with van der Waals surface area (Å²) in [5.41, 5.74) is 0.966. The van der Waals surface area contributed by atoms with Crippen LogP contribution in [0.2, 0.25) is 0 Å². The van der Waals surface area contributed by atoms with Gasteiger partial charge >= 0.3 is 0 Å². The summed E-state index contributed by atoms with van der Waals surface area (Å²) < 4.78 is 0. The van der Waals surface area contributed by atoms with Crippen LogP contribution in [0, 0.1) is 34.5 Å². The van der Waals surface area contributed by atoms with E-state index in [0.29, 0.717) is 30.5 Å². The Kier molecular flexibility index (Phi) is 3.47. The molecule has 0 saturated heterocycles. The number of Topliss-reactive ketones (excluding diaryl/α,β-unsaturated/α-hetero) is 2. The molecular weight excluding hydrogens is 300 g/mol. The van der Waals surface area contributed by atoms with E-state index in [1.807, 2.05) is 6.08 Å². The first-order valence-electron chi connectivity index (χ1n) is 9.54. The molecule has 4 aliphatic rings. The van der Waals surface area contributed by atoms with Gasteiger partial charge in [0, 0.05) is 24.7 Å². The van der Waals surface area contributed by atoms with Gasteiger partial charge in [0.05, 0.1) is 0 Å². The second kappa shape index (κ2) is 5.12. The van der Waals surface area contributed by atoms with Crippen LogP contribution in [0.5, 0.6) is 0 Å². The fourth-order valence-corrected chi connectivity index (χ4v) is 7.05. The Labute approximate surface area is 144 Å². The van der Waals surface area contributed by atoms with Crippen LogP contribution in [0.3, 0.4) is 0 Å². The molecule has 0 amide bonds. The number of fused-ring (bicyclic) bond motifs is 5. The minimum absolute atomic E-state index is 0.0603. The third kappa shape index (κ3) is 1.99. The van der Waals surface area contributed by atoms with Crippen LogP contribution in [-0.2, 0) is 14.4 Å². The van der Waals surface area contributed by atoms with E-state index in [-0.39, 0.29) is 34.2 Å². The molecule has 6 atom stereocenters. The molecule has 0 heterocycles. The molecule has 4 aliphatic carbocycles. The molecule has 3 fully saturated rings. The van der Waals surface area contributed by atoms with Gasteiger partial charge in [-0.3, -0.25) is 14.4 Å². The molecule has 0 spiro atoms. The average Bonchev–Trinajstić information content (AvgIpc) is 2.84. The van der Waals surface area contributed by atoms with Gasteiger partial charge in [-0.1, -0.05) is 19.4 Å². The van der Waals surface area contributed by atoms with Gasteiger partial charge in [0.1, 0.15) is 11.6 Å². The van der Waals surface area contributed by atoms with E-state index < -0.39 is 0 Å². The molecule has 4 rings (SSSR count). The fourth-order valence-electron chi connectivity index (χ4n) is 7.05. The molecule has 0 radical (unpaired) electrons. The molecular formula is C21H28O3. The van der Waals surface area contributed by atoms with Crippen molar-refractivity contribution < 1.29 is 14.4 Å². The van der Waals surface area contributed by atoms with Crippen LogP contribution in [0.1, 0.15) is 65.7 Å². The third-order valence-electron chi connectivity index (χ3n) is 8.14. The smallest absolute Gasteiger partial charge is 0.155 e. The van der Waals surface area contributed by atoms with E-state index in [4.69, 9.17) is 0 Å². The van der Waals surface area contributed by atoms with E-state index in [0.717, 1.165) is 32.1 Å². The Balaban J connectivity index is 1.74. The number of allylic oxidation sites excluding steroid dienone is 1. The molecule has 0 aromatic heterocycles. The number of rotatable bonds is 1. The largest absolute Gasteiger partial charge is 0.300 e. The van der Waals surface area contributed by atoms with Crippen molar-refractivity contribution in [3.63, 3.8) is 0 Å². The lowest BCUT2D eigenvalue weighted by Crippen LogP contribution is -2.55. The van der Waals surface area contributed by atoms with Gasteiger partial charge in [-0.2, -0.15) is 0 Å². The summed E-state index contributed by atoms with van der Waals surface area (Å²) in [5.74, 6) is 1.86. The number of ketones is 3. The SMILES string of the molecule is CC(=O)[C@@H]1CC[C@@H]2[C@H]3CCC4=CC(=O)CC[C@]4(C)[C@@H]3C(=O)C[C@]21C. The highest BCUT2D eigenvalue weighted by Crippen LogP contribution is 2.65. The minimum Gasteiger partial charge on any atom is -0.300 e. The monoisotopic (exact) mass is 328 g/mol. The van der Waals surface area contributed by atoms with Crippen LogP contribution in [0.4, 0.5) is 0 Å². The number of carbonyl (C=O) groups excluding carboxylic acids is 3. The quantitative estimate of drug-likeness (QED) is 0.733. The zero-order valence-electron chi connectivity index (χ0n) is 15.1. The second-order valence-corrected chi connectivity index (χ2v) is 9.23. The maximum absolute atomic E-state index is 13.3. The Bertz CT molecular complexity index is 660. The van der Waals surface area contributed by atoms with Gasteiger partial charge in [0.15, 0.2) is 5.78 Å².